The Morgan fingerprint density at radius 3 is 3.00 bits per heavy atom. The average molecular weight is 207 g/mol. The van der Waals surface area contributed by atoms with Gasteiger partial charge in [0.25, 0.3) is 0 Å². The maximum absolute atomic E-state index is 3.61. The standard InChI is InChI=1S/C12H17NS/c1-9(2)7-10-8-14-12-6-4-3-5-11(12)13-10/h3-6,9-10,13H,7-8H2,1-2H3/t10-/m0/s1. The molecule has 1 nitrogen and oxygen atoms in total. The van der Waals surface area contributed by atoms with Crippen molar-refractivity contribution in [2.75, 3.05) is 11.1 Å². The summed E-state index contributed by atoms with van der Waals surface area (Å²) in [5, 5.41) is 3.61. The lowest BCUT2D eigenvalue weighted by molar-refractivity contribution is 0.541. The van der Waals surface area contributed by atoms with E-state index in [1.807, 2.05) is 11.8 Å². The van der Waals surface area contributed by atoms with Gasteiger partial charge in [0.05, 0.1) is 0 Å². The highest BCUT2D eigenvalue weighted by atomic mass is 32.2. The molecule has 1 aromatic rings. The van der Waals surface area contributed by atoms with E-state index in [0.29, 0.717) is 6.04 Å². The summed E-state index contributed by atoms with van der Waals surface area (Å²) in [4.78, 5) is 1.40. The Kier molecular flexibility index (Phi) is 3.02. The molecular formula is C12H17NS. The van der Waals surface area contributed by atoms with Crippen LogP contribution in [0.3, 0.4) is 0 Å². The summed E-state index contributed by atoms with van der Waals surface area (Å²) in [6, 6.07) is 9.23. The van der Waals surface area contributed by atoms with Crippen molar-refractivity contribution < 1.29 is 0 Å². The van der Waals surface area contributed by atoms with Crippen molar-refractivity contribution in [3.63, 3.8) is 0 Å². The molecule has 1 N–H and O–H groups in total. The van der Waals surface area contributed by atoms with Gasteiger partial charge in [-0.3, -0.25) is 0 Å². The highest BCUT2D eigenvalue weighted by Crippen LogP contribution is 2.33. The SMILES string of the molecule is CC(C)C[C@H]1CSc2ccccc2N1. The molecule has 0 bridgehead atoms. The highest BCUT2D eigenvalue weighted by Gasteiger charge is 2.18. The maximum Gasteiger partial charge on any atom is 0.0480 e. The Bertz CT molecular complexity index is 309. The van der Waals surface area contributed by atoms with Gasteiger partial charge < -0.3 is 5.32 Å². The van der Waals surface area contributed by atoms with Gasteiger partial charge >= 0.3 is 0 Å². The van der Waals surface area contributed by atoms with Crippen LogP contribution >= 0.6 is 11.8 Å². The molecular weight excluding hydrogens is 190 g/mol. The van der Waals surface area contributed by atoms with Crippen molar-refractivity contribution in [3.05, 3.63) is 24.3 Å². The van der Waals surface area contributed by atoms with E-state index in [1.165, 1.54) is 22.8 Å². The fraction of sp³-hybridized carbons (Fsp3) is 0.500. The number of fused-ring (bicyclic) bond motifs is 1. The molecule has 2 rings (SSSR count). The van der Waals surface area contributed by atoms with Gasteiger partial charge in [-0.05, 0) is 24.5 Å². The smallest absolute Gasteiger partial charge is 0.0480 e. The molecule has 0 fully saturated rings. The Morgan fingerprint density at radius 2 is 2.21 bits per heavy atom. The summed E-state index contributed by atoms with van der Waals surface area (Å²) < 4.78 is 0. The lowest BCUT2D eigenvalue weighted by atomic mass is 10.0. The fourth-order valence-corrected chi connectivity index (χ4v) is 2.92. The molecule has 0 amide bonds. The first-order valence-electron chi connectivity index (χ1n) is 5.24. The first-order chi connectivity index (χ1) is 6.75. The lowest BCUT2D eigenvalue weighted by Gasteiger charge is -2.27. The number of hydrogen-bond acceptors (Lipinski definition) is 2. The van der Waals surface area contributed by atoms with Crippen molar-refractivity contribution in [1.82, 2.24) is 0 Å². The normalized spacial score (nSPS) is 20.4. The van der Waals surface area contributed by atoms with Gasteiger partial charge in [0, 0.05) is 22.4 Å². The molecule has 0 unspecified atom stereocenters. The van der Waals surface area contributed by atoms with Gasteiger partial charge in [0.1, 0.15) is 0 Å². The average Bonchev–Trinajstić information content (AvgIpc) is 2.17. The molecule has 1 aliphatic heterocycles. The molecule has 2 heteroatoms. The van der Waals surface area contributed by atoms with Crippen LogP contribution in [0.5, 0.6) is 0 Å². The molecule has 1 aliphatic rings. The van der Waals surface area contributed by atoms with Crippen molar-refractivity contribution in [2.24, 2.45) is 5.92 Å². The van der Waals surface area contributed by atoms with Gasteiger partial charge in [0.15, 0.2) is 0 Å². The highest BCUT2D eigenvalue weighted by molar-refractivity contribution is 7.99. The third-order valence-corrected chi connectivity index (χ3v) is 3.68. The van der Waals surface area contributed by atoms with Crippen LogP contribution in [0, 0.1) is 5.92 Å². The van der Waals surface area contributed by atoms with Crippen LogP contribution in [0.1, 0.15) is 20.3 Å². The van der Waals surface area contributed by atoms with Gasteiger partial charge in [-0.25, -0.2) is 0 Å². The van der Waals surface area contributed by atoms with E-state index >= 15 is 0 Å². The number of benzene rings is 1. The molecule has 76 valence electrons. The molecule has 0 aliphatic carbocycles. The van der Waals surface area contributed by atoms with Gasteiger partial charge in [-0.15, -0.1) is 11.8 Å². The zero-order valence-corrected chi connectivity index (χ0v) is 9.60. The number of thioether (sulfide) groups is 1. The van der Waals surface area contributed by atoms with Crippen LogP contribution in [0.4, 0.5) is 5.69 Å². The summed E-state index contributed by atoms with van der Waals surface area (Å²) in [5.74, 6) is 1.98. The summed E-state index contributed by atoms with van der Waals surface area (Å²) in [5.41, 5.74) is 1.31. The van der Waals surface area contributed by atoms with E-state index < -0.39 is 0 Å². The van der Waals surface area contributed by atoms with E-state index in [0.717, 1.165) is 5.92 Å². The minimum atomic E-state index is 0.648. The molecule has 0 aromatic heterocycles. The minimum absolute atomic E-state index is 0.648. The zero-order chi connectivity index (χ0) is 9.97. The van der Waals surface area contributed by atoms with E-state index in [1.54, 1.807) is 0 Å². The Labute approximate surface area is 90.3 Å². The molecule has 1 heterocycles. The topological polar surface area (TPSA) is 12.0 Å². The van der Waals surface area contributed by atoms with Gasteiger partial charge in [0.2, 0.25) is 0 Å². The number of anilines is 1. The van der Waals surface area contributed by atoms with E-state index in [4.69, 9.17) is 0 Å². The number of rotatable bonds is 2. The second-order valence-electron chi connectivity index (χ2n) is 4.28. The summed E-state index contributed by atoms with van der Waals surface area (Å²) >= 11 is 1.98. The summed E-state index contributed by atoms with van der Waals surface area (Å²) in [6.45, 7) is 4.57. The quantitative estimate of drug-likeness (QED) is 0.795. The van der Waals surface area contributed by atoms with Crippen molar-refractivity contribution in [2.45, 2.75) is 31.2 Å². The minimum Gasteiger partial charge on any atom is -0.381 e. The molecule has 1 aromatic carbocycles. The molecule has 1 atom stereocenters. The van der Waals surface area contributed by atoms with Crippen LogP contribution in [0.15, 0.2) is 29.2 Å². The summed E-state index contributed by atoms with van der Waals surface area (Å²) in [7, 11) is 0. The number of nitrogens with one attached hydrogen (secondary N) is 1. The Balaban J connectivity index is 2.06. The third kappa shape index (κ3) is 2.24. The van der Waals surface area contributed by atoms with Crippen LogP contribution in [0.2, 0.25) is 0 Å². The first-order valence-corrected chi connectivity index (χ1v) is 6.22. The lowest BCUT2D eigenvalue weighted by Crippen LogP contribution is -2.27. The monoisotopic (exact) mass is 207 g/mol. The molecule has 0 spiro atoms. The number of para-hydroxylation sites is 1. The second kappa shape index (κ2) is 4.26. The van der Waals surface area contributed by atoms with Crippen LogP contribution in [-0.4, -0.2) is 11.8 Å². The van der Waals surface area contributed by atoms with E-state index in [2.05, 4.69) is 43.4 Å². The fourth-order valence-electron chi connectivity index (χ4n) is 1.86. The van der Waals surface area contributed by atoms with Crippen molar-refractivity contribution in [1.29, 1.82) is 0 Å². The molecule has 0 radical (unpaired) electrons. The van der Waals surface area contributed by atoms with Crippen LogP contribution < -0.4 is 5.32 Å². The van der Waals surface area contributed by atoms with Crippen molar-refractivity contribution >= 4 is 17.4 Å². The van der Waals surface area contributed by atoms with Crippen LogP contribution in [-0.2, 0) is 0 Å². The maximum atomic E-state index is 3.61. The van der Waals surface area contributed by atoms with Crippen LogP contribution in [0.25, 0.3) is 0 Å². The predicted octanol–water partition coefficient (Wildman–Crippen LogP) is 3.62. The summed E-state index contributed by atoms with van der Waals surface area (Å²) in [6.07, 6.45) is 1.27. The molecule has 14 heavy (non-hydrogen) atoms. The molecule has 0 saturated carbocycles. The third-order valence-electron chi connectivity index (χ3n) is 2.44. The second-order valence-corrected chi connectivity index (χ2v) is 5.34. The number of hydrogen-bond donors (Lipinski definition) is 1. The first kappa shape index (κ1) is 9.91. The van der Waals surface area contributed by atoms with Crippen molar-refractivity contribution in [3.8, 4) is 0 Å². The van der Waals surface area contributed by atoms with E-state index in [9.17, 15) is 0 Å². The molecule has 0 saturated heterocycles. The van der Waals surface area contributed by atoms with Gasteiger partial charge in [-0.1, -0.05) is 26.0 Å². The predicted molar refractivity (Wildman–Crippen MR) is 64.0 cm³/mol. The Hall–Kier alpha value is -0.630. The zero-order valence-electron chi connectivity index (χ0n) is 8.79. The largest absolute Gasteiger partial charge is 0.381 e. The van der Waals surface area contributed by atoms with E-state index in [-0.39, 0.29) is 0 Å². The van der Waals surface area contributed by atoms with Gasteiger partial charge in [-0.2, -0.15) is 0 Å². The Morgan fingerprint density at radius 1 is 1.43 bits per heavy atom.